The zero-order chi connectivity index (χ0) is 17.7. The first-order chi connectivity index (χ1) is 11.5. The van der Waals surface area contributed by atoms with Crippen LogP contribution in [0.3, 0.4) is 0 Å². The van der Waals surface area contributed by atoms with E-state index in [-0.39, 0.29) is 0 Å². The number of carbonyl (C=O) groups is 2. The Morgan fingerprint density at radius 1 is 1.29 bits per heavy atom. The monoisotopic (exact) mass is 332 g/mol. The van der Waals surface area contributed by atoms with Crippen molar-refractivity contribution in [2.45, 2.75) is 25.5 Å². The largest absolute Gasteiger partial charge is 0.497 e. The zero-order valence-corrected chi connectivity index (χ0v) is 13.8. The molecular formula is C17H20N2O5. The van der Waals surface area contributed by atoms with Crippen molar-refractivity contribution < 1.29 is 24.2 Å². The molecule has 1 amide bonds. The van der Waals surface area contributed by atoms with Crippen LogP contribution in [0.2, 0.25) is 0 Å². The van der Waals surface area contributed by atoms with Gasteiger partial charge in [0, 0.05) is 17.6 Å². The zero-order valence-electron chi connectivity index (χ0n) is 13.8. The van der Waals surface area contributed by atoms with Gasteiger partial charge in [0.25, 0.3) is 5.91 Å². The molecule has 1 aromatic carbocycles. The number of benzene rings is 1. The Morgan fingerprint density at radius 3 is 2.67 bits per heavy atom. The van der Waals surface area contributed by atoms with Gasteiger partial charge in [-0.3, -0.25) is 9.78 Å². The van der Waals surface area contributed by atoms with Crippen LogP contribution in [0.4, 0.5) is 0 Å². The van der Waals surface area contributed by atoms with Gasteiger partial charge in [-0.15, -0.1) is 0 Å². The smallest absolute Gasteiger partial charge is 0.336 e. The molecule has 7 heteroatoms. The molecule has 2 aromatic rings. The molecule has 0 aliphatic heterocycles. The lowest BCUT2D eigenvalue weighted by Gasteiger charge is -2.21. The van der Waals surface area contributed by atoms with E-state index in [0.717, 1.165) is 5.39 Å². The minimum absolute atomic E-state index is 0.336. The molecule has 0 fully saturated rings. The van der Waals surface area contributed by atoms with Gasteiger partial charge < -0.3 is 19.9 Å². The summed E-state index contributed by atoms with van der Waals surface area (Å²) in [5.41, 5.74) is 1.04. The second kappa shape index (κ2) is 7.74. The molecule has 7 nitrogen and oxygen atoms in total. The summed E-state index contributed by atoms with van der Waals surface area (Å²) < 4.78 is 9.63. The summed E-state index contributed by atoms with van der Waals surface area (Å²) in [7, 11) is 2.75. The molecule has 0 saturated heterocycles. The fourth-order valence-corrected chi connectivity index (χ4v) is 2.29. The number of esters is 1. The standard InChI is InChI=1S/C17H20N2O5/c1-4-13(15(20)17(22)24-3)19-16(21)11-7-10-5-6-12(23-2)8-14(10)18-9-11/h5-9,13,15,20H,4H2,1-3H3,(H,19,21). The topological polar surface area (TPSA) is 97.8 Å². The number of pyridine rings is 1. The Bertz CT molecular complexity index is 747. The van der Waals surface area contributed by atoms with Crippen molar-refractivity contribution >= 4 is 22.8 Å². The maximum atomic E-state index is 12.4. The number of aromatic nitrogens is 1. The molecule has 0 bridgehead atoms. The number of amides is 1. The number of carbonyl (C=O) groups excluding carboxylic acids is 2. The van der Waals surface area contributed by atoms with E-state index in [4.69, 9.17) is 4.74 Å². The highest BCUT2D eigenvalue weighted by molar-refractivity contribution is 5.97. The highest BCUT2D eigenvalue weighted by Crippen LogP contribution is 2.20. The number of hydrogen-bond donors (Lipinski definition) is 2. The molecule has 2 N–H and O–H groups in total. The summed E-state index contributed by atoms with van der Waals surface area (Å²) in [6.07, 6.45) is 0.399. The van der Waals surface area contributed by atoms with Crippen LogP contribution in [0.25, 0.3) is 10.9 Å². The normalized spacial score (nSPS) is 13.2. The van der Waals surface area contributed by atoms with Crippen LogP contribution in [-0.2, 0) is 9.53 Å². The first kappa shape index (κ1) is 17.7. The number of rotatable bonds is 6. The van der Waals surface area contributed by atoms with Gasteiger partial charge in [0.2, 0.25) is 0 Å². The number of methoxy groups -OCH3 is 2. The first-order valence-corrected chi connectivity index (χ1v) is 7.50. The van der Waals surface area contributed by atoms with Crippen LogP contribution in [-0.4, -0.2) is 48.3 Å². The number of ether oxygens (including phenoxy) is 2. The summed E-state index contributed by atoms with van der Waals surface area (Å²) in [5, 5.41) is 13.3. The maximum absolute atomic E-state index is 12.4. The van der Waals surface area contributed by atoms with Crippen LogP contribution >= 0.6 is 0 Å². The van der Waals surface area contributed by atoms with Crippen LogP contribution in [0.5, 0.6) is 5.75 Å². The Labute approximate surface area is 139 Å². The van der Waals surface area contributed by atoms with E-state index in [1.807, 2.05) is 0 Å². The molecule has 0 spiro atoms. The Balaban J connectivity index is 2.19. The van der Waals surface area contributed by atoms with Crippen LogP contribution < -0.4 is 10.1 Å². The summed E-state index contributed by atoms with van der Waals surface area (Å²) in [5.74, 6) is -0.527. The van der Waals surface area contributed by atoms with Crippen molar-refractivity contribution in [2.24, 2.45) is 0 Å². The molecule has 24 heavy (non-hydrogen) atoms. The number of aliphatic hydroxyl groups is 1. The number of hydrogen-bond acceptors (Lipinski definition) is 6. The van der Waals surface area contributed by atoms with Gasteiger partial charge in [-0.25, -0.2) is 4.79 Å². The number of fused-ring (bicyclic) bond motifs is 1. The van der Waals surface area contributed by atoms with Gasteiger partial charge in [-0.2, -0.15) is 0 Å². The molecule has 0 radical (unpaired) electrons. The predicted octanol–water partition coefficient (Wildman–Crippen LogP) is 1.29. The third-order valence-electron chi connectivity index (χ3n) is 3.73. The Morgan fingerprint density at radius 2 is 2.04 bits per heavy atom. The lowest BCUT2D eigenvalue weighted by atomic mass is 10.1. The molecule has 1 aromatic heterocycles. The molecule has 0 aliphatic rings. The van der Waals surface area contributed by atoms with Gasteiger partial charge >= 0.3 is 5.97 Å². The molecular weight excluding hydrogens is 312 g/mol. The second-order valence-electron chi connectivity index (χ2n) is 5.24. The molecule has 1 heterocycles. The van der Waals surface area contributed by atoms with E-state index < -0.39 is 24.0 Å². The summed E-state index contributed by atoms with van der Waals surface area (Å²) in [6, 6.07) is 6.30. The van der Waals surface area contributed by atoms with Gasteiger partial charge in [0.1, 0.15) is 5.75 Å². The Kier molecular flexibility index (Phi) is 5.70. The third-order valence-corrected chi connectivity index (χ3v) is 3.73. The molecule has 2 unspecified atom stereocenters. The van der Waals surface area contributed by atoms with Gasteiger partial charge in [-0.1, -0.05) is 6.92 Å². The van der Waals surface area contributed by atoms with Gasteiger partial charge in [-0.05, 0) is 24.6 Å². The van der Waals surface area contributed by atoms with E-state index in [2.05, 4.69) is 15.0 Å². The first-order valence-electron chi connectivity index (χ1n) is 7.50. The molecule has 2 rings (SSSR count). The predicted molar refractivity (Wildman–Crippen MR) is 87.9 cm³/mol. The summed E-state index contributed by atoms with van der Waals surface area (Å²) >= 11 is 0. The highest BCUT2D eigenvalue weighted by Gasteiger charge is 2.27. The second-order valence-corrected chi connectivity index (χ2v) is 5.24. The fourth-order valence-electron chi connectivity index (χ4n) is 2.29. The fraction of sp³-hybridized carbons (Fsp3) is 0.353. The van der Waals surface area contributed by atoms with Crippen molar-refractivity contribution in [3.05, 3.63) is 36.0 Å². The van der Waals surface area contributed by atoms with Crippen LogP contribution in [0.1, 0.15) is 23.7 Å². The van der Waals surface area contributed by atoms with Gasteiger partial charge in [0.05, 0.1) is 31.3 Å². The average Bonchev–Trinajstić information content (AvgIpc) is 2.63. The SMILES string of the molecule is CCC(NC(=O)c1cnc2cc(OC)ccc2c1)C(O)C(=O)OC. The van der Waals surface area contributed by atoms with E-state index in [1.54, 1.807) is 38.3 Å². The van der Waals surface area contributed by atoms with Gasteiger partial charge in [0.15, 0.2) is 6.10 Å². The Hall–Kier alpha value is -2.67. The van der Waals surface area contributed by atoms with Crippen LogP contribution in [0.15, 0.2) is 30.5 Å². The summed E-state index contributed by atoms with van der Waals surface area (Å²) in [4.78, 5) is 28.0. The lowest BCUT2D eigenvalue weighted by Crippen LogP contribution is -2.47. The van der Waals surface area contributed by atoms with Crippen LogP contribution in [0, 0.1) is 0 Å². The van der Waals surface area contributed by atoms with E-state index >= 15 is 0 Å². The minimum Gasteiger partial charge on any atom is -0.497 e. The number of nitrogens with one attached hydrogen (secondary N) is 1. The maximum Gasteiger partial charge on any atom is 0.336 e. The lowest BCUT2D eigenvalue weighted by molar-refractivity contribution is -0.151. The van der Waals surface area contributed by atoms with E-state index in [0.29, 0.717) is 23.3 Å². The third kappa shape index (κ3) is 3.80. The van der Waals surface area contributed by atoms with Crippen molar-refractivity contribution in [1.82, 2.24) is 10.3 Å². The quantitative estimate of drug-likeness (QED) is 0.774. The summed E-state index contributed by atoms with van der Waals surface area (Å²) in [6.45, 7) is 1.75. The molecule has 2 atom stereocenters. The molecule has 0 aliphatic carbocycles. The number of aliphatic hydroxyl groups excluding tert-OH is 1. The number of nitrogens with zero attached hydrogens (tertiary/aromatic N) is 1. The van der Waals surface area contributed by atoms with Crippen molar-refractivity contribution in [3.63, 3.8) is 0 Å². The van der Waals surface area contributed by atoms with Crippen molar-refractivity contribution in [2.75, 3.05) is 14.2 Å². The van der Waals surface area contributed by atoms with Crippen molar-refractivity contribution in [1.29, 1.82) is 0 Å². The van der Waals surface area contributed by atoms with Crippen molar-refractivity contribution in [3.8, 4) is 5.75 Å². The average molecular weight is 332 g/mol. The molecule has 128 valence electrons. The minimum atomic E-state index is -1.42. The molecule has 0 saturated carbocycles. The highest BCUT2D eigenvalue weighted by atomic mass is 16.5. The van der Waals surface area contributed by atoms with E-state index in [1.165, 1.54) is 13.3 Å². The van der Waals surface area contributed by atoms with E-state index in [9.17, 15) is 14.7 Å².